The third-order valence-electron chi connectivity index (χ3n) is 6.15. The van der Waals surface area contributed by atoms with Crippen LogP contribution in [0.15, 0.2) is 60.7 Å². The summed E-state index contributed by atoms with van der Waals surface area (Å²) in [6.07, 6.45) is 7.43. The summed E-state index contributed by atoms with van der Waals surface area (Å²) in [6.45, 7) is 0. The Morgan fingerprint density at radius 2 is 1.69 bits per heavy atom. The summed E-state index contributed by atoms with van der Waals surface area (Å²) in [6, 6.07) is 15.2. The van der Waals surface area contributed by atoms with E-state index < -0.39 is 0 Å². The molecule has 1 unspecified atom stereocenters. The van der Waals surface area contributed by atoms with E-state index in [1.165, 1.54) is 41.1 Å². The second-order valence-corrected chi connectivity index (χ2v) is 7.93. The van der Waals surface area contributed by atoms with Crippen LogP contribution in [0.4, 0.5) is 0 Å². The average Bonchev–Trinajstić information content (AvgIpc) is 2.82. The molecule has 0 radical (unpaired) electrons. The second kappa shape index (κ2) is 6.92. The Hall–Kier alpha value is -4.19. The first-order valence-electron chi connectivity index (χ1n) is 10.4. The number of aromatic nitrogens is 3. The molecule has 156 valence electrons. The van der Waals surface area contributed by atoms with Crippen LogP contribution in [-0.4, -0.2) is 32.3 Å². The molecule has 0 spiro atoms. The van der Waals surface area contributed by atoms with Crippen molar-refractivity contribution in [2.75, 3.05) is 7.11 Å². The van der Waals surface area contributed by atoms with Crippen LogP contribution in [0.2, 0.25) is 0 Å². The molecule has 0 aliphatic heterocycles. The van der Waals surface area contributed by atoms with Crippen molar-refractivity contribution in [3.05, 3.63) is 83.2 Å². The average molecular weight is 421 g/mol. The van der Waals surface area contributed by atoms with Gasteiger partial charge in [0.05, 0.1) is 7.11 Å². The lowest BCUT2D eigenvalue weighted by Crippen LogP contribution is -2.12. The molecular formula is C26H19N3O3. The van der Waals surface area contributed by atoms with Crippen molar-refractivity contribution >= 4 is 22.4 Å². The molecule has 0 bridgehead atoms. The van der Waals surface area contributed by atoms with Crippen LogP contribution >= 0.6 is 0 Å². The third kappa shape index (κ3) is 2.69. The maximum Gasteiger partial charge on any atom is 0.320 e. The monoisotopic (exact) mass is 421 g/mol. The molecule has 4 aromatic rings. The molecular weight excluding hydrogens is 402 g/mol. The summed E-state index contributed by atoms with van der Waals surface area (Å²) < 4.78 is 5.33. The first-order chi connectivity index (χ1) is 15.6. The SMILES string of the molecule is COc1nc(C2=CCC3C=Cc4cccc5ccc2c3c45)nc(-c2c(O)cccc2O)n1. The zero-order valence-corrected chi connectivity index (χ0v) is 17.3. The molecule has 6 heteroatoms. The summed E-state index contributed by atoms with van der Waals surface area (Å²) in [5, 5.41) is 23.1. The Bertz CT molecular complexity index is 1450. The van der Waals surface area contributed by atoms with Gasteiger partial charge >= 0.3 is 6.01 Å². The Kier molecular flexibility index (Phi) is 4.01. The van der Waals surface area contributed by atoms with Gasteiger partial charge in [-0.05, 0) is 46.0 Å². The molecule has 2 N–H and O–H groups in total. The van der Waals surface area contributed by atoms with Crippen LogP contribution in [0.5, 0.6) is 17.5 Å². The van der Waals surface area contributed by atoms with Crippen LogP contribution in [0, 0.1) is 0 Å². The van der Waals surface area contributed by atoms with E-state index in [1.54, 1.807) is 6.07 Å². The first kappa shape index (κ1) is 18.6. The molecule has 0 fully saturated rings. The number of phenols is 2. The molecule has 1 aromatic heterocycles. The fourth-order valence-electron chi connectivity index (χ4n) is 4.71. The number of allylic oxidation sites excluding steroid dienone is 2. The number of nitrogens with zero attached hydrogens (tertiary/aromatic N) is 3. The van der Waals surface area contributed by atoms with Crippen molar-refractivity contribution < 1.29 is 14.9 Å². The summed E-state index contributed by atoms with van der Waals surface area (Å²) in [4.78, 5) is 13.4. The lowest BCUT2D eigenvalue weighted by Gasteiger charge is -2.28. The highest BCUT2D eigenvalue weighted by atomic mass is 16.5. The van der Waals surface area contributed by atoms with E-state index in [0.29, 0.717) is 11.7 Å². The van der Waals surface area contributed by atoms with Crippen molar-refractivity contribution in [2.45, 2.75) is 12.3 Å². The molecule has 2 aliphatic rings. The highest BCUT2D eigenvalue weighted by molar-refractivity contribution is 6.00. The van der Waals surface area contributed by atoms with Crippen molar-refractivity contribution in [3.8, 4) is 28.9 Å². The molecule has 0 amide bonds. The minimum atomic E-state index is -0.113. The number of methoxy groups -OCH3 is 1. The topological polar surface area (TPSA) is 88.4 Å². The van der Waals surface area contributed by atoms with Crippen molar-refractivity contribution in [1.82, 2.24) is 15.0 Å². The number of rotatable bonds is 3. The van der Waals surface area contributed by atoms with Gasteiger partial charge in [0, 0.05) is 11.5 Å². The maximum atomic E-state index is 10.3. The van der Waals surface area contributed by atoms with E-state index in [4.69, 9.17) is 4.74 Å². The van der Waals surface area contributed by atoms with Gasteiger partial charge in [0.25, 0.3) is 0 Å². The van der Waals surface area contributed by atoms with Gasteiger partial charge in [0.15, 0.2) is 11.6 Å². The van der Waals surface area contributed by atoms with E-state index in [0.717, 1.165) is 17.6 Å². The Morgan fingerprint density at radius 1 is 0.906 bits per heavy atom. The van der Waals surface area contributed by atoms with Crippen LogP contribution in [0.25, 0.3) is 33.8 Å². The molecule has 3 aromatic carbocycles. The van der Waals surface area contributed by atoms with E-state index >= 15 is 0 Å². The minimum Gasteiger partial charge on any atom is -0.507 e. The van der Waals surface area contributed by atoms with Crippen molar-refractivity contribution in [3.63, 3.8) is 0 Å². The van der Waals surface area contributed by atoms with Gasteiger partial charge in [-0.2, -0.15) is 9.97 Å². The van der Waals surface area contributed by atoms with Gasteiger partial charge < -0.3 is 14.9 Å². The number of phenolic OH excluding ortho intramolecular Hbond substituents is 2. The van der Waals surface area contributed by atoms with E-state index in [9.17, 15) is 10.2 Å². The molecule has 1 atom stereocenters. The zero-order valence-electron chi connectivity index (χ0n) is 17.3. The predicted molar refractivity (Wildman–Crippen MR) is 123 cm³/mol. The third-order valence-corrected chi connectivity index (χ3v) is 6.15. The number of hydrogen-bond acceptors (Lipinski definition) is 6. The zero-order chi connectivity index (χ0) is 21.8. The maximum absolute atomic E-state index is 10.3. The van der Waals surface area contributed by atoms with Crippen LogP contribution in [-0.2, 0) is 0 Å². The molecule has 2 aliphatic carbocycles. The Labute approximate surface area is 184 Å². The van der Waals surface area contributed by atoms with Crippen molar-refractivity contribution in [2.24, 2.45) is 0 Å². The summed E-state index contributed by atoms with van der Waals surface area (Å²) in [5.74, 6) is 0.670. The molecule has 6 nitrogen and oxygen atoms in total. The minimum absolute atomic E-state index is 0.113. The normalized spacial score (nSPS) is 16.2. The molecule has 0 saturated heterocycles. The lowest BCUT2D eigenvalue weighted by molar-refractivity contribution is 0.377. The predicted octanol–water partition coefficient (Wildman–Crippen LogP) is 5.06. The van der Waals surface area contributed by atoms with E-state index in [-0.39, 0.29) is 28.9 Å². The largest absolute Gasteiger partial charge is 0.507 e. The number of ether oxygens (including phenoxy) is 1. The smallest absolute Gasteiger partial charge is 0.320 e. The summed E-state index contributed by atoms with van der Waals surface area (Å²) in [7, 11) is 1.48. The summed E-state index contributed by atoms with van der Waals surface area (Å²) >= 11 is 0. The van der Waals surface area contributed by atoms with Gasteiger partial charge in [-0.3, -0.25) is 0 Å². The van der Waals surface area contributed by atoms with Gasteiger partial charge in [-0.25, -0.2) is 4.98 Å². The van der Waals surface area contributed by atoms with Gasteiger partial charge in [0.2, 0.25) is 0 Å². The number of benzene rings is 3. The highest BCUT2D eigenvalue weighted by Gasteiger charge is 2.28. The van der Waals surface area contributed by atoms with Gasteiger partial charge in [-0.15, -0.1) is 0 Å². The molecule has 32 heavy (non-hydrogen) atoms. The quantitative estimate of drug-likeness (QED) is 0.481. The second-order valence-electron chi connectivity index (χ2n) is 7.93. The van der Waals surface area contributed by atoms with Crippen LogP contribution < -0.4 is 4.74 Å². The molecule has 6 rings (SSSR count). The fraction of sp³-hybridized carbons (Fsp3) is 0.115. The highest BCUT2D eigenvalue weighted by Crippen LogP contribution is 2.45. The van der Waals surface area contributed by atoms with Gasteiger partial charge in [0.1, 0.15) is 17.1 Å². The number of aromatic hydroxyl groups is 2. The first-order valence-corrected chi connectivity index (χ1v) is 10.4. The summed E-state index contributed by atoms with van der Waals surface area (Å²) in [5.41, 5.74) is 4.61. The van der Waals surface area contributed by atoms with E-state index in [1.807, 2.05) is 0 Å². The fourth-order valence-corrected chi connectivity index (χ4v) is 4.71. The number of hydrogen-bond donors (Lipinski definition) is 2. The standard InChI is InChI=1S/C26H19N3O3/c1-32-26-28-24(27-25(29-26)23-19(30)6-3-7-20(23)31)18-13-11-16-9-8-14-4-2-5-15-10-12-17(18)22(16)21(14)15/h2-10,12-13,16,30-31H,11H2,1H3. The van der Waals surface area contributed by atoms with E-state index in [2.05, 4.69) is 63.5 Å². The van der Waals surface area contributed by atoms with Crippen LogP contribution in [0.3, 0.4) is 0 Å². The van der Waals surface area contributed by atoms with Crippen LogP contribution in [0.1, 0.15) is 34.9 Å². The lowest BCUT2D eigenvalue weighted by atomic mass is 9.76. The van der Waals surface area contributed by atoms with Crippen molar-refractivity contribution in [1.29, 1.82) is 0 Å². The Balaban J connectivity index is 1.58. The Morgan fingerprint density at radius 3 is 2.50 bits per heavy atom. The molecule has 0 saturated carbocycles. The van der Waals surface area contributed by atoms with Gasteiger partial charge in [-0.1, -0.05) is 54.6 Å². The molecule has 1 heterocycles.